The van der Waals surface area contributed by atoms with Gasteiger partial charge in [-0.3, -0.25) is 4.98 Å². The third-order valence-corrected chi connectivity index (χ3v) is 6.78. The summed E-state index contributed by atoms with van der Waals surface area (Å²) in [6, 6.07) is 15.0. The molecule has 1 N–H and O–H groups in total. The standard InChI is InChI=1S/C22H30N2O2Si/c1-5-22(25,21-8-6-7-12-23-21)19-10-9-18-11-13-24(20(18)16-19)17-26-14-15-27(2,3)4/h6-13,16,25H,5,14-15,17H2,1-4H3. The van der Waals surface area contributed by atoms with E-state index in [0.717, 1.165) is 29.1 Å². The molecule has 0 aliphatic rings. The quantitative estimate of drug-likeness (QED) is 0.441. The number of rotatable bonds is 8. The first kappa shape index (κ1) is 19.8. The lowest BCUT2D eigenvalue weighted by molar-refractivity contribution is 0.0718. The number of pyridine rings is 1. The minimum absolute atomic E-state index is 0.533. The van der Waals surface area contributed by atoms with Crippen LogP contribution in [0.25, 0.3) is 10.9 Å². The zero-order chi connectivity index (χ0) is 19.5. The third kappa shape index (κ3) is 4.49. The summed E-state index contributed by atoms with van der Waals surface area (Å²) in [7, 11) is -1.08. The molecule has 0 bridgehead atoms. The molecular weight excluding hydrogens is 352 g/mol. The Morgan fingerprint density at radius 3 is 2.63 bits per heavy atom. The summed E-state index contributed by atoms with van der Waals surface area (Å²) in [5.74, 6) is 0. The van der Waals surface area contributed by atoms with Crippen molar-refractivity contribution < 1.29 is 9.84 Å². The molecule has 2 aromatic heterocycles. The average Bonchev–Trinajstić information content (AvgIpc) is 3.07. The van der Waals surface area contributed by atoms with Crippen molar-refractivity contribution in [2.45, 2.75) is 51.4 Å². The molecule has 0 aliphatic heterocycles. The number of hydrogen-bond donors (Lipinski definition) is 1. The van der Waals surface area contributed by atoms with E-state index in [0.29, 0.717) is 18.8 Å². The molecule has 0 saturated heterocycles. The third-order valence-electron chi connectivity index (χ3n) is 5.08. The zero-order valence-corrected chi connectivity index (χ0v) is 17.8. The van der Waals surface area contributed by atoms with Crippen molar-refractivity contribution >= 4 is 19.0 Å². The van der Waals surface area contributed by atoms with Gasteiger partial charge in [-0.1, -0.05) is 44.8 Å². The SMILES string of the molecule is CCC(O)(c1ccc2ccn(COCC[Si](C)(C)C)c2c1)c1ccccn1. The molecule has 1 unspecified atom stereocenters. The van der Waals surface area contributed by atoms with Crippen LogP contribution in [0.5, 0.6) is 0 Å². The van der Waals surface area contributed by atoms with Gasteiger partial charge < -0.3 is 14.4 Å². The summed E-state index contributed by atoms with van der Waals surface area (Å²) >= 11 is 0. The first-order valence-corrected chi connectivity index (χ1v) is 13.4. The van der Waals surface area contributed by atoms with Crippen molar-refractivity contribution in [3.05, 3.63) is 66.1 Å². The van der Waals surface area contributed by atoms with Gasteiger partial charge in [0.05, 0.1) is 11.2 Å². The van der Waals surface area contributed by atoms with Gasteiger partial charge in [-0.15, -0.1) is 0 Å². The van der Waals surface area contributed by atoms with E-state index in [1.54, 1.807) is 6.20 Å². The van der Waals surface area contributed by atoms with Gasteiger partial charge in [-0.25, -0.2) is 0 Å². The van der Waals surface area contributed by atoms with E-state index in [1.165, 1.54) is 0 Å². The van der Waals surface area contributed by atoms with Crippen LogP contribution in [-0.4, -0.2) is 29.3 Å². The lowest BCUT2D eigenvalue weighted by Crippen LogP contribution is -2.27. The number of aliphatic hydroxyl groups is 1. The summed E-state index contributed by atoms with van der Waals surface area (Å²) in [5, 5.41) is 12.5. The van der Waals surface area contributed by atoms with E-state index in [-0.39, 0.29) is 0 Å². The lowest BCUT2D eigenvalue weighted by Gasteiger charge is -2.27. The van der Waals surface area contributed by atoms with E-state index in [4.69, 9.17) is 4.74 Å². The smallest absolute Gasteiger partial charge is 0.131 e. The first-order chi connectivity index (χ1) is 12.8. The number of benzene rings is 1. The molecule has 1 atom stereocenters. The van der Waals surface area contributed by atoms with Crippen molar-refractivity contribution in [3.63, 3.8) is 0 Å². The summed E-state index contributed by atoms with van der Waals surface area (Å²) in [6.45, 7) is 10.4. The molecule has 3 aromatic rings. The van der Waals surface area contributed by atoms with E-state index < -0.39 is 13.7 Å². The Kier molecular flexibility index (Phi) is 5.84. The molecule has 0 radical (unpaired) electrons. The van der Waals surface area contributed by atoms with Crippen LogP contribution in [0.4, 0.5) is 0 Å². The Labute approximate surface area is 162 Å². The highest BCUT2D eigenvalue weighted by atomic mass is 28.3. The van der Waals surface area contributed by atoms with Crippen molar-refractivity contribution in [1.82, 2.24) is 9.55 Å². The Hall–Kier alpha value is -1.95. The molecule has 0 fully saturated rings. The second-order valence-electron chi connectivity index (χ2n) is 8.34. The molecule has 0 spiro atoms. The predicted octanol–water partition coefficient (Wildman–Crippen LogP) is 4.99. The van der Waals surface area contributed by atoms with E-state index in [9.17, 15) is 5.11 Å². The largest absolute Gasteiger partial charge is 0.379 e. The summed E-state index contributed by atoms with van der Waals surface area (Å²) in [5.41, 5.74) is 1.52. The Balaban J connectivity index is 1.86. The van der Waals surface area contributed by atoms with Crippen LogP contribution in [0.2, 0.25) is 25.7 Å². The topological polar surface area (TPSA) is 47.3 Å². The molecular formula is C22H30N2O2Si. The highest BCUT2D eigenvalue weighted by Gasteiger charge is 2.31. The second-order valence-corrected chi connectivity index (χ2v) is 14.0. The van der Waals surface area contributed by atoms with Crippen molar-refractivity contribution in [3.8, 4) is 0 Å². The van der Waals surface area contributed by atoms with Gasteiger partial charge in [0.15, 0.2) is 0 Å². The fourth-order valence-corrected chi connectivity index (χ4v) is 3.99. The van der Waals surface area contributed by atoms with Crippen LogP contribution in [0, 0.1) is 0 Å². The molecule has 2 heterocycles. The van der Waals surface area contributed by atoms with Crippen LogP contribution in [0.3, 0.4) is 0 Å². The minimum Gasteiger partial charge on any atom is -0.379 e. The second kappa shape index (κ2) is 7.96. The maximum atomic E-state index is 11.4. The van der Waals surface area contributed by atoms with Crippen LogP contribution in [0.1, 0.15) is 24.6 Å². The Morgan fingerprint density at radius 2 is 1.96 bits per heavy atom. The number of aromatic nitrogens is 2. The van der Waals surface area contributed by atoms with E-state index in [1.807, 2.05) is 31.2 Å². The zero-order valence-electron chi connectivity index (χ0n) is 16.8. The van der Waals surface area contributed by atoms with Crippen LogP contribution >= 0.6 is 0 Å². The minimum atomic E-state index is -1.09. The first-order valence-electron chi connectivity index (χ1n) is 9.64. The van der Waals surface area contributed by atoms with Gasteiger partial charge in [0.2, 0.25) is 0 Å². The average molecular weight is 383 g/mol. The Bertz CT molecular complexity index is 886. The number of fused-ring (bicyclic) bond motifs is 1. The van der Waals surface area contributed by atoms with E-state index in [2.05, 4.69) is 53.6 Å². The molecule has 5 heteroatoms. The number of nitrogens with zero attached hydrogens (tertiary/aromatic N) is 2. The molecule has 4 nitrogen and oxygen atoms in total. The highest BCUT2D eigenvalue weighted by molar-refractivity contribution is 6.76. The van der Waals surface area contributed by atoms with Crippen LogP contribution in [-0.2, 0) is 17.1 Å². The maximum Gasteiger partial charge on any atom is 0.131 e. The highest BCUT2D eigenvalue weighted by Crippen LogP contribution is 2.33. The monoisotopic (exact) mass is 382 g/mol. The van der Waals surface area contributed by atoms with Crippen molar-refractivity contribution in [2.75, 3.05) is 6.61 Å². The lowest BCUT2D eigenvalue weighted by atomic mass is 9.87. The normalized spacial score (nSPS) is 14.4. The molecule has 0 saturated carbocycles. The summed E-state index contributed by atoms with van der Waals surface area (Å²) in [6.07, 6.45) is 4.33. The number of ether oxygens (including phenoxy) is 1. The fraction of sp³-hybridized carbons (Fsp3) is 0.409. The van der Waals surface area contributed by atoms with Crippen molar-refractivity contribution in [1.29, 1.82) is 0 Å². The van der Waals surface area contributed by atoms with Gasteiger partial charge in [-0.05, 0) is 47.7 Å². The van der Waals surface area contributed by atoms with Gasteiger partial charge in [0, 0.05) is 27.1 Å². The van der Waals surface area contributed by atoms with Gasteiger partial charge >= 0.3 is 0 Å². The molecule has 3 rings (SSSR count). The molecule has 0 amide bonds. The molecule has 0 aliphatic carbocycles. The predicted molar refractivity (Wildman–Crippen MR) is 114 cm³/mol. The van der Waals surface area contributed by atoms with E-state index >= 15 is 0 Å². The molecule has 144 valence electrons. The van der Waals surface area contributed by atoms with Crippen LogP contribution < -0.4 is 0 Å². The van der Waals surface area contributed by atoms with Crippen LogP contribution in [0.15, 0.2) is 54.9 Å². The summed E-state index contributed by atoms with van der Waals surface area (Å²) in [4.78, 5) is 4.39. The van der Waals surface area contributed by atoms with Gasteiger partial charge in [0.1, 0.15) is 12.3 Å². The fourth-order valence-electron chi connectivity index (χ4n) is 3.24. The van der Waals surface area contributed by atoms with Gasteiger partial charge in [0.25, 0.3) is 0 Å². The Morgan fingerprint density at radius 1 is 1.15 bits per heavy atom. The molecule has 27 heavy (non-hydrogen) atoms. The van der Waals surface area contributed by atoms with Gasteiger partial charge in [-0.2, -0.15) is 0 Å². The molecule has 1 aromatic carbocycles. The maximum absolute atomic E-state index is 11.4. The summed E-state index contributed by atoms with van der Waals surface area (Å²) < 4.78 is 8.03. The number of hydrogen-bond acceptors (Lipinski definition) is 3. The van der Waals surface area contributed by atoms with Crippen molar-refractivity contribution in [2.24, 2.45) is 0 Å².